The van der Waals surface area contributed by atoms with Crippen molar-refractivity contribution in [1.82, 2.24) is 19.8 Å². The Balaban J connectivity index is 1.26. The molecule has 1 N–H and O–H groups in total. The molecule has 1 aromatic heterocycles. The fourth-order valence-electron chi connectivity index (χ4n) is 5.63. The maximum absolute atomic E-state index is 13.3. The van der Waals surface area contributed by atoms with Gasteiger partial charge in [-0.05, 0) is 81.2 Å². The minimum absolute atomic E-state index is 0.00866. The van der Waals surface area contributed by atoms with Gasteiger partial charge in [0.1, 0.15) is 5.75 Å². The Morgan fingerprint density at radius 3 is 2.75 bits per heavy atom. The third-order valence-corrected chi connectivity index (χ3v) is 8.01. The molecule has 2 aliphatic heterocycles. The molecule has 7 nitrogen and oxygen atoms in total. The number of para-hydroxylation sites is 1. The number of nitrogens with one attached hydrogen (secondary N) is 1. The number of carbonyl (C=O) groups excluding carboxylic acids is 2. The van der Waals surface area contributed by atoms with Crippen molar-refractivity contribution in [1.29, 1.82) is 0 Å². The second kappa shape index (κ2) is 10.3. The summed E-state index contributed by atoms with van der Waals surface area (Å²) in [4.78, 5) is 32.6. The van der Waals surface area contributed by atoms with E-state index in [-0.39, 0.29) is 17.2 Å². The summed E-state index contributed by atoms with van der Waals surface area (Å²) < 4.78 is 8.10. The molecule has 190 valence electrons. The van der Waals surface area contributed by atoms with E-state index in [0.717, 1.165) is 67.4 Å². The van der Waals surface area contributed by atoms with Crippen molar-refractivity contribution in [2.45, 2.75) is 65.0 Å². The average Bonchev–Trinajstić information content (AvgIpc) is 3.32. The number of fused-ring (bicyclic) bond motifs is 2. The quantitative estimate of drug-likeness (QED) is 0.573. The highest BCUT2D eigenvalue weighted by Gasteiger charge is 2.36. The molecule has 2 aromatic carbocycles. The first-order valence-corrected chi connectivity index (χ1v) is 13.2. The second-order valence-corrected chi connectivity index (χ2v) is 10.3. The standard InChI is InChI=1S/C29H36N4O3/c1-3-32-20-31-24-18-23(11-12-25(24)32)28(35)33-16-14-29(15-17-33)13-7-6-9-22-8-4-5-10-26(22)36-21(2)27(34)30-19-29/h4-5,8,10-12,18,20-21H,3,6-7,9,13-17,19H2,1-2H3,(H,30,34)/t21-/m1/s1. The van der Waals surface area contributed by atoms with Crippen molar-refractivity contribution in [2.24, 2.45) is 5.41 Å². The monoisotopic (exact) mass is 488 g/mol. The van der Waals surface area contributed by atoms with Crippen molar-refractivity contribution in [3.05, 3.63) is 59.9 Å². The van der Waals surface area contributed by atoms with Crippen LogP contribution in [0.15, 0.2) is 48.8 Å². The predicted molar refractivity (Wildman–Crippen MR) is 140 cm³/mol. The van der Waals surface area contributed by atoms with Gasteiger partial charge in [-0.2, -0.15) is 0 Å². The van der Waals surface area contributed by atoms with E-state index in [0.29, 0.717) is 25.2 Å². The van der Waals surface area contributed by atoms with E-state index in [1.54, 1.807) is 0 Å². The first kappa shape index (κ1) is 24.3. The summed E-state index contributed by atoms with van der Waals surface area (Å²) in [7, 11) is 0. The number of hydrogen-bond donors (Lipinski definition) is 1. The lowest BCUT2D eigenvalue weighted by Gasteiger charge is -2.42. The number of rotatable bonds is 2. The zero-order valence-electron chi connectivity index (χ0n) is 21.3. The molecule has 0 aliphatic carbocycles. The van der Waals surface area contributed by atoms with E-state index >= 15 is 0 Å². The SMILES string of the molecule is CCn1cnc2cc(C(=O)N3CCC4(CCCCc5ccccc5O[C@H](C)C(=O)NC4)CC3)ccc21. The third kappa shape index (κ3) is 4.97. The number of piperidine rings is 1. The molecule has 1 atom stereocenters. The van der Waals surface area contributed by atoms with Gasteiger partial charge in [0, 0.05) is 31.7 Å². The zero-order chi connectivity index (χ0) is 25.1. The normalized spacial score (nSPS) is 20.7. The topological polar surface area (TPSA) is 76.5 Å². The molecule has 0 saturated carbocycles. The lowest BCUT2D eigenvalue weighted by molar-refractivity contribution is -0.128. The molecule has 0 bridgehead atoms. The maximum atomic E-state index is 13.3. The molecule has 7 heteroatoms. The molecule has 0 unspecified atom stereocenters. The van der Waals surface area contributed by atoms with Crippen LogP contribution in [-0.2, 0) is 17.8 Å². The van der Waals surface area contributed by atoms with Crippen molar-refractivity contribution in [3.8, 4) is 5.75 Å². The number of benzene rings is 2. The smallest absolute Gasteiger partial charge is 0.260 e. The second-order valence-electron chi connectivity index (χ2n) is 10.3. The number of hydrogen-bond acceptors (Lipinski definition) is 4. The van der Waals surface area contributed by atoms with Crippen molar-refractivity contribution < 1.29 is 14.3 Å². The van der Waals surface area contributed by atoms with Crippen LogP contribution in [0.4, 0.5) is 0 Å². The van der Waals surface area contributed by atoms with Crippen molar-refractivity contribution in [2.75, 3.05) is 19.6 Å². The van der Waals surface area contributed by atoms with E-state index in [1.807, 2.05) is 54.5 Å². The zero-order valence-corrected chi connectivity index (χ0v) is 21.3. The number of likely N-dealkylation sites (tertiary alicyclic amines) is 1. The van der Waals surface area contributed by atoms with Gasteiger partial charge >= 0.3 is 0 Å². The minimum atomic E-state index is -0.546. The molecular formula is C29H36N4O3. The summed E-state index contributed by atoms with van der Waals surface area (Å²) in [6, 6.07) is 13.8. The van der Waals surface area contributed by atoms with Crippen LogP contribution in [0.25, 0.3) is 11.0 Å². The van der Waals surface area contributed by atoms with E-state index in [2.05, 4.69) is 27.9 Å². The number of ether oxygens (including phenoxy) is 1. The number of aromatic nitrogens is 2. The van der Waals surface area contributed by atoms with E-state index < -0.39 is 6.10 Å². The van der Waals surface area contributed by atoms with Gasteiger partial charge in [0.2, 0.25) is 0 Å². The molecule has 3 aromatic rings. The number of amides is 2. The molecule has 1 saturated heterocycles. The Labute approximate surface area is 212 Å². The maximum Gasteiger partial charge on any atom is 0.260 e. The molecule has 1 fully saturated rings. The van der Waals surface area contributed by atoms with Gasteiger partial charge in [-0.3, -0.25) is 9.59 Å². The first-order valence-electron chi connectivity index (χ1n) is 13.2. The Kier molecular flexibility index (Phi) is 6.99. The number of imidazole rings is 1. The Morgan fingerprint density at radius 2 is 1.94 bits per heavy atom. The number of aryl methyl sites for hydroxylation is 2. The van der Waals surface area contributed by atoms with Crippen LogP contribution in [0.3, 0.4) is 0 Å². The summed E-state index contributed by atoms with van der Waals surface area (Å²) in [5, 5.41) is 3.17. The van der Waals surface area contributed by atoms with Gasteiger partial charge in [0.25, 0.3) is 11.8 Å². The molecule has 2 aliphatic rings. The summed E-state index contributed by atoms with van der Waals surface area (Å²) >= 11 is 0. The van der Waals surface area contributed by atoms with Crippen molar-refractivity contribution in [3.63, 3.8) is 0 Å². The van der Waals surface area contributed by atoms with Gasteiger partial charge in [0.05, 0.1) is 17.4 Å². The highest BCUT2D eigenvalue weighted by molar-refractivity contribution is 5.97. The highest BCUT2D eigenvalue weighted by atomic mass is 16.5. The Bertz CT molecular complexity index is 1240. The molecule has 3 heterocycles. The Hall–Kier alpha value is -3.35. The van der Waals surface area contributed by atoms with Crippen LogP contribution in [0, 0.1) is 5.41 Å². The number of carbonyl (C=O) groups is 2. The van der Waals surface area contributed by atoms with Gasteiger partial charge in [-0.25, -0.2) is 4.98 Å². The van der Waals surface area contributed by atoms with E-state index in [1.165, 1.54) is 0 Å². The van der Waals surface area contributed by atoms with Gasteiger partial charge in [0.15, 0.2) is 6.10 Å². The molecule has 0 radical (unpaired) electrons. The average molecular weight is 489 g/mol. The van der Waals surface area contributed by atoms with E-state index in [9.17, 15) is 9.59 Å². The lowest BCUT2D eigenvalue weighted by Crippen LogP contribution is -2.49. The molecule has 1 spiro atoms. The fraction of sp³-hybridized carbons (Fsp3) is 0.483. The summed E-state index contributed by atoms with van der Waals surface area (Å²) in [5.41, 5.74) is 3.77. The lowest BCUT2D eigenvalue weighted by atomic mass is 9.74. The van der Waals surface area contributed by atoms with Crippen molar-refractivity contribution >= 4 is 22.8 Å². The molecular weight excluding hydrogens is 452 g/mol. The van der Waals surface area contributed by atoms with Crippen LogP contribution >= 0.6 is 0 Å². The summed E-state index contributed by atoms with van der Waals surface area (Å²) in [6.45, 7) is 6.78. The van der Waals surface area contributed by atoms with Crippen LogP contribution < -0.4 is 10.1 Å². The highest BCUT2D eigenvalue weighted by Crippen LogP contribution is 2.37. The van der Waals surface area contributed by atoms with Crippen LogP contribution in [0.1, 0.15) is 61.9 Å². The molecule has 2 amide bonds. The van der Waals surface area contributed by atoms with E-state index in [4.69, 9.17) is 4.74 Å². The summed E-state index contributed by atoms with van der Waals surface area (Å²) in [6.07, 6.45) is 7.22. The van der Waals surface area contributed by atoms with Gasteiger partial charge in [-0.15, -0.1) is 0 Å². The van der Waals surface area contributed by atoms with Gasteiger partial charge in [-0.1, -0.05) is 24.6 Å². The van der Waals surface area contributed by atoms with Gasteiger partial charge < -0.3 is 19.5 Å². The minimum Gasteiger partial charge on any atom is -0.481 e. The van der Waals surface area contributed by atoms with Crippen LogP contribution in [0.5, 0.6) is 5.75 Å². The third-order valence-electron chi connectivity index (χ3n) is 8.01. The largest absolute Gasteiger partial charge is 0.481 e. The van der Waals surface area contributed by atoms with Crippen LogP contribution in [0.2, 0.25) is 0 Å². The Morgan fingerprint density at radius 1 is 1.14 bits per heavy atom. The first-order chi connectivity index (χ1) is 17.5. The molecule has 5 rings (SSSR count). The molecule has 36 heavy (non-hydrogen) atoms. The summed E-state index contributed by atoms with van der Waals surface area (Å²) in [5.74, 6) is 0.790. The fourth-order valence-corrected chi connectivity index (χ4v) is 5.63. The van der Waals surface area contributed by atoms with Crippen LogP contribution in [-0.4, -0.2) is 52.0 Å². The predicted octanol–water partition coefficient (Wildman–Crippen LogP) is 4.59. The number of nitrogens with zero attached hydrogens (tertiary/aromatic N) is 3.